The molecule has 5 heteroatoms. The Kier molecular flexibility index (Phi) is 3.74. The third-order valence-electron chi connectivity index (χ3n) is 2.57. The highest BCUT2D eigenvalue weighted by Crippen LogP contribution is 2.18. The van der Waals surface area contributed by atoms with E-state index in [-0.39, 0.29) is 12.4 Å². The van der Waals surface area contributed by atoms with Gasteiger partial charge >= 0.3 is 0 Å². The van der Waals surface area contributed by atoms with Crippen LogP contribution in [0.25, 0.3) is 0 Å². The Morgan fingerprint density at radius 3 is 2.94 bits per heavy atom. The molecule has 0 saturated carbocycles. The molecule has 1 aromatic heterocycles. The number of anilines is 1. The summed E-state index contributed by atoms with van der Waals surface area (Å²) in [5.41, 5.74) is 3.88. The van der Waals surface area contributed by atoms with E-state index in [1.165, 1.54) is 6.07 Å². The first-order chi connectivity index (χ1) is 8.70. The van der Waals surface area contributed by atoms with E-state index in [0.717, 1.165) is 5.56 Å². The first kappa shape index (κ1) is 12.3. The smallest absolute Gasteiger partial charge is 0.146 e. The summed E-state index contributed by atoms with van der Waals surface area (Å²) < 4.78 is 18.8. The van der Waals surface area contributed by atoms with Crippen molar-refractivity contribution in [2.45, 2.75) is 13.5 Å². The predicted molar refractivity (Wildman–Crippen MR) is 67.5 cm³/mol. The van der Waals surface area contributed by atoms with E-state index < -0.39 is 0 Å². The summed E-state index contributed by atoms with van der Waals surface area (Å²) in [5.74, 6) is 6.08. The van der Waals surface area contributed by atoms with Crippen molar-refractivity contribution in [3.05, 3.63) is 53.5 Å². The molecule has 0 saturated heterocycles. The maximum atomic E-state index is 13.3. The summed E-state index contributed by atoms with van der Waals surface area (Å²) in [4.78, 5) is 4.05. The van der Waals surface area contributed by atoms with Crippen LogP contribution in [0, 0.1) is 12.7 Å². The lowest BCUT2D eigenvalue weighted by atomic mass is 10.2. The number of nitrogens with one attached hydrogen (secondary N) is 1. The van der Waals surface area contributed by atoms with E-state index in [9.17, 15) is 4.39 Å². The summed E-state index contributed by atoms with van der Waals surface area (Å²) in [5, 5.41) is 0. The second-order valence-electron chi connectivity index (χ2n) is 3.86. The third-order valence-corrected chi connectivity index (χ3v) is 2.57. The number of nitrogen functional groups attached to an aromatic ring is 1. The lowest BCUT2D eigenvalue weighted by Gasteiger charge is -2.10. The predicted octanol–water partition coefficient (Wildman–Crippen LogP) is 2.39. The number of halogens is 1. The quantitative estimate of drug-likeness (QED) is 0.643. The molecule has 0 aliphatic heterocycles. The fourth-order valence-electron chi connectivity index (χ4n) is 1.51. The van der Waals surface area contributed by atoms with Gasteiger partial charge in [-0.3, -0.25) is 0 Å². The van der Waals surface area contributed by atoms with E-state index in [4.69, 9.17) is 10.6 Å². The maximum absolute atomic E-state index is 13.3. The number of ether oxygens (including phenoxy) is 1. The molecule has 2 aromatic rings. The molecule has 3 N–H and O–H groups in total. The van der Waals surface area contributed by atoms with Crippen LogP contribution < -0.4 is 16.0 Å². The molecule has 0 unspecified atom stereocenters. The minimum atomic E-state index is -0.282. The molecule has 0 atom stereocenters. The average molecular weight is 247 g/mol. The van der Waals surface area contributed by atoms with Gasteiger partial charge in [0.15, 0.2) is 0 Å². The van der Waals surface area contributed by atoms with Crippen LogP contribution in [0.5, 0.6) is 5.75 Å². The topological polar surface area (TPSA) is 60.2 Å². The highest BCUT2D eigenvalue weighted by Gasteiger charge is 2.04. The van der Waals surface area contributed by atoms with Crippen LogP contribution in [0.2, 0.25) is 0 Å². The minimum absolute atomic E-state index is 0.274. The van der Waals surface area contributed by atoms with Crippen molar-refractivity contribution in [1.29, 1.82) is 0 Å². The molecule has 94 valence electrons. The van der Waals surface area contributed by atoms with Crippen molar-refractivity contribution in [3.8, 4) is 5.75 Å². The van der Waals surface area contributed by atoms with Gasteiger partial charge in [0.25, 0.3) is 0 Å². The van der Waals surface area contributed by atoms with E-state index in [2.05, 4.69) is 10.4 Å². The first-order valence-electron chi connectivity index (χ1n) is 5.50. The SMILES string of the molecule is Cc1ccc(OCc2cccnc2NN)cc1F. The Morgan fingerprint density at radius 1 is 1.39 bits per heavy atom. The van der Waals surface area contributed by atoms with Crippen molar-refractivity contribution in [3.63, 3.8) is 0 Å². The fourth-order valence-corrected chi connectivity index (χ4v) is 1.51. The van der Waals surface area contributed by atoms with Gasteiger partial charge in [0, 0.05) is 17.8 Å². The number of nitrogens with two attached hydrogens (primary N) is 1. The number of benzene rings is 1. The Labute approximate surface area is 105 Å². The number of rotatable bonds is 4. The van der Waals surface area contributed by atoms with Crippen LogP contribution in [0.15, 0.2) is 36.5 Å². The van der Waals surface area contributed by atoms with Crippen molar-refractivity contribution in [1.82, 2.24) is 4.98 Å². The van der Waals surface area contributed by atoms with Crippen LogP contribution in [0.1, 0.15) is 11.1 Å². The van der Waals surface area contributed by atoms with Crippen LogP contribution in [0.4, 0.5) is 10.2 Å². The van der Waals surface area contributed by atoms with Gasteiger partial charge in [-0.15, -0.1) is 0 Å². The zero-order valence-corrected chi connectivity index (χ0v) is 9.98. The summed E-state index contributed by atoms with van der Waals surface area (Å²) in [6, 6.07) is 8.39. The van der Waals surface area contributed by atoms with E-state index in [0.29, 0.717) is 17.1 Å². The van der Waals surface area contributed by atoms with Gasteiger partial charge in [0.05, 0.1) is 0 Å². The molecule has 0 radical (unpaired) electrons. The molecular weight excluding hydrogens is 233 g/mol. The van der Waals surface area contributed by atoms with E-state index >= 15 is 0 Å². The molecule has 1 heterocycles. The Hall–Kier alpha value is -2.14. The van der Waals surface area contributed by atoms with Crippen LogP contribution in [-0.2, 0) is 6.61 Å². The Balaban J connectivity index is 2.09. The molecule has 0 fully saturated rings. The number of pyridine rings is 1. The molecule has 1 aromatic carbocycles. The van der Waals surface area contributed by atoms with Gasteiger partial charge in [-0.05, 0) is 24.6 Å². The maximum Gasteiger partial charge on any atom is 0.146 e. The molecule has 4 nitrogen and oxygen atoms in total. The molecule has 2 rings (SSSR count). The molecule has 0 amide bonds. The summed E-state index contributed by atoms with van der Waals surface area (Å²) in [6.07, 6.45) is 1.63. The third kappa shape index (κ3) is 2.75. The molecule has 0 spiro atoms. The highest BCUT2D eigenvalue weighted by atomic mass is 19.1. The van der Waals surface area contributed by atoms with Crippen molar-refractivity contribution in [2.24, 2.45) is 5.84 Å². The van der Waals surface area contributed by atoms with Crippen molar-refractivity contribution in [2.75, 3.05) is 5.43 Å². The summed E-state index contributed by atoms with van der Waals surface area (Å²) in [7, 11) is 0. The number of hydrazine groups is 1. The zero-order valence-electron chi connectivity index (χ0n) is 9.98. The largest absolute Gasteiger partial charge is 0.489 e. The summed E-state index contributed by atoms with van der Waals surface area (Å²) >= 11 is 0. The zero-order chi connectivity index (χ0) is 13.0. The Morgan fingerprint density at radius 2 is 2.22 bits per heavy atom. The van der Waals surface area contributed by atoms with Gasteiger partial charge in [0.1, 0.15) is 24.0 Å². The number of nitrogens with zero attached hydrogens (tertiary/aromatic N) is 1. The molecular formula is C13H14FN3O. The molecule has 0 bridgehead atoms. The standard InChI is InChI=1S/C13H14FN3O/c1-9-4-5-11(7-12(9)14)18-8-10-3-2-6-16-13(10)17-15/h2-7H,8,15H2,1H3,(H,16,17). The van der Waals surface area contributed by atoms with Crippen LogP contribution in [0.3, 0.4) is 0 Å². The number of aryl methyl sites for hydroxylation is 1. The fraction of sp³-hybridized carbons (Fsp3) is 0.154. The minimum Gasteiger partial charge on any atom is -0.489 e. The lowest BCUT2D eigenvalue weighted by Crippen LogP contribution is -2.12. The van der Waals surface area contributed by atoms with Crippen molar-refractivity contribution < 1.29 is 9.13 Å². The second kappa shape index (κ2) is 5.46. The summed E-state index contributed by atoms with van der Waals surface area (Å²) in [6.45, 7) is 1.98. The molecule has 0 aliphatic carbocycles. The van der Waals surface area contributed by atoms with Crippen LogP contribution >= 0.6 is 0 Å². The second-order valence-corrected chi connectivity index (χ2v) is 3.86. The van der Waals surface area contributed by atoms with Crippen molar-refractivity contribution >= 4 is 5.82 Å². The first-order valence-corrected chi connectivity index (χ1v) is 5.50. The van der Waals surface area contributed by atoms with Gasteiger partial charge in [-0.2, -0.15) is 0 Å². The number of hydrogen-bond donors (Lipinski definition) is 2. The monoisotopic (exact) mass is 247 g/mol. The van der Waals surface area contributed by atoms with Crippen LogP contribution in [-0.4, -0.2) is 4.98 Å². The average Bonchev–Trinajstić information content (AvgIpc) is 2.40. The Bertz CT molecular complexity index is 546. The number of hydrogen-bond acceptors (Lipinski definition) is 4. The van der Waals surface area contributed by atoms with Gasteiger partial charge in [-0.1, -0.05) is 12.1 Å². The molecule has 18 heavy (non-hydrogen) atoms. The van der Waals surface area contributed by atoms with Gasteiger partial charge in [0.2, 0.25) is 0 Å². The molecule has 0 aliphatic rings. The normalized spacial score (nSPS) is 10.2. The van der Waals surface area contributed by atoms with E-state index in [1.54, 1.807) is 31.3 Å². The van der Waals surface area contributed by atoms with Gasteiger partial charge < -0.3 is 10.2 Å². The number of aromatic nitrogens is 1. The van der Waals surface area contributed by atoms with Gasteiger partial charge in [-0.25, -0.2) is 15.2 Å². The van der Waals surface area contributed by atoms with E-state index in [1.807, 2.05) is 6.07 Å². The highest BCUT2D eigenvalue weighted by molar-refractivity contribution is 5.42. The lowest BCUT2D eigenvalue weighted by molar-refractivity contribution is 0.304.